The molecule has 1 heterocycles. The van der Waals surface area contributed by atoms with Crippen LogP contribution in [-0.4, -0.2) is 5.16 Å². The van der Waals surface area contributed by atoms with E-state index in [1.165, 1.54) is 12.3 Å². The van der Waals surface area contributed by atoms with Gasteiger partial charge in [0.15, 0.2) is 0 Å². The molecule has 78 valence electrons. The summed E-state index contributed by atoms with van der Waals surface area (Å²) in [7, 11) is 0. The van der Waals surface area contributed by atoms with E-state index < -0.39 is 11.6 Å². The highest BCUT2D eigenvalue weighted by Crippen LogP contribution is 2.33. The van der Waals surface area contributed by atoms with Gasteiger partial charge in [-0.15, -0.1) is 0 Å². The number of hydrogen-bond donors (Lipinski definition) is 1. The average Bonchev–Trinajstić information content (AvgIpc) is 2.60. The number of nitrogen functional groups attached to an aromatic ring is 1. The van der Waals surface area contributed by atoms with E-state index in [9.17, 15) is 8.78 Å². The summed E-state index contributed by atoms with van der Waals surface area (Å²) >= 11 is 2.96. The van der Waals surface area contributed by atoms with Gasteiger partial charge in [0, 0.05) is 0 Å². The van der Waals surface area contributed by atoms with E-state index in [4.69, 9.17) is 5.73 Å². The van der Waals surface area contributed by atoms with Crippen molar-refractivity contribution in [1.82, 2.24) is 5.16 Å². The van der Waals surface area contributed by atoms with E-state index in [2.05, 4.69) is 25.6 Å². The van der Waals surface area contributed by atoms with E-state index in [0.29, 0.717) is 0 Å². The molecule has 0 saturated heterocycles. The fourth-order valence-corrected chi connectivity index (χ4v) is 1.54. The van der Waals surface area contributed by atoms with Gasteiger partial charge in [-0.2, -0.15) is 0 Å². The highest BCUT2D eigenvalue weighted by atomic mass is 79.9. The Morgan fingerprint density at radius 1 is 1.33 bits per heavy atom. The summed E-state index contributed by atoms with van der Waals surface area (Å²) in [4.78, 5) is 0. The molecule has 1 aromatic carbocycles. The van der Waals surface area contributed by atoms with Crippen LogP contribution in [-0.2, 0) is 0 Å². The lowest BCUT2D eigenvalue weighted by Crippen LogP contribution is -1.93. The molecule has 3 nitrogen and oxygen atoms in total. The van der Waals surface area contributed by atoms with Crippen LogP contribution in [0.1, 0.15) is 0 Å². The second-order valence-electron chi connectivity index (χ2n) is 2.82. The molecule has 2 aromatic rings. The Hall–Kier alpha value is -1.43. The summed E-state index contributed by atoms with van der Waals surface area (Å²) in [6.07, 6.45) is 1.17. The van der Waals surface area contributed by atoms with Crippen LogP contribution in [0.4, 0.5) is 14.7 Å². The SMILES string of the molecule is Nc1oncc1-c1c(F)ccc(Br)c1F. The second-order valence-corrected chi connectivity index (χ2v) is 3.68. The molecule has 0 amide bonds. The highest BCUT2D eigenvalue weighted by molar-refractivity contribution is 9.10. The van der Waals surface area contributed by atoms with Gasteiger partial charge in [0.05, 0.1) is 21.8 Å². The monoisotopic (exact) mass is 274 g/mol. The minimum Gasteiger partial charge on any atom is -0.367 e. The molecule has 0 radical (unpaired) electrons. The van der Waals surface area contributed by atoms with E-state index in [0.717, 1.165) is 6.07 Å². The van der Waals surface area contributed by atoms with Crippen LogP contribution in [0.25, 0.3) is 11.1 Å². The van der Waals surface area contributed by atoms with Gasteiger partial charge in [-0.05, 0) is 28.1 Å². The van der Waals surface area contributed by atoms with Crippen molar-refractivity contribution in [3.05, 3.63) is 34.4 Å². The van der Waals surface area contributed by atoms with Crippen LogP contribution < -0.4 is 5.73 Å². The summed E-state index contributed by atoms with van der Waals surface area (Å²) in [5.74, 6) is -1.57. The maximum Gasteiger partial charge on any atom is 0.230 e. The zero-order valence-electron chi connectivity index (χ0n) is 7.30. The number of benzene rings is 1. The number of aromatic nitrogens is 1. The minimum atomic E-state index is -0.732. The predicted molar refractivity (Wildman–Crippen MR) is 54.0 cm³/mol. The number of nitrogens with zero attached hydrogens (tertiary/aromatic N) is 1. The van der Waals surface area contributed by atoms with Gasteiger partial charge >= 0.3 is 0 Å². The summed E-state index contributed by atoms with van der Waals surface area (Å²) in [5.41, 5.74) is 5.24. The largest absolute Gasteiger partial charge is 0.367 e. The average molecular weight is 275 g/mol. The summed E-state index contributed by atoms with van der Waals surface area (Å²) < 4.78 is 31.7. The fraction of sp³-hybridized carbons (Fsp3) is 0. The molecule has 0 bridgehead atoms. The zero-order valence-corrected chi connectivity index (χ0v) is 8.88. The zero-order chi connectivity index (χ0) is 11.0. The topological polar surface area (TPSA) is 52.0 Å². The van der Waals surface area contributed by atoms with E-state index in [1.807, 2.05) is 0 Å². The first-order valence-corrected chi connectivity index (χ1v) is 4.74. The quantitative estimate of drug-likeness (QED) is 0.814. The third-order valence-electron chi connectivity index (χ3n) is 1.91. The van der Waals surface area contributed by atoms with Crippen LogP contribution in [0, 0.1) is 11.6 Å². The Balaban J connectivity index is 2.72. The summed E-state index contributed by atoms with van der Waals surface area (Å²) in [5, 5.41) is 3.36. The van der Waals surface area contributed by atoms with Crippen molar-refractivity contribution in [3.63, 3.8) is 0 Å². The Kier molecular flexibility index (Phi) is 2.44. The third-order valence-corrected chi connectivity index (χ3v) is 2.52. The van der Waals surface area contributed by atoms with Crippen molar-refractivity contribution in [3.8, 4) is 11.1 Å². The Bertz CT molecular complexity index is 513. The molecule has 0 unspecified atom stereocenters. The van der Waals surface area contributed by atoms with Gasteiger partial charge in [0.25, 0.3) is 0 Å². The van der Waals surface area contributed by atoms with Gasteiger partial charge < -0.3 is 10.3 Å². The minimum absolute atomic E-state index is 0.103. The molecule has 1 aromatic heterocycles. The first kappa shape index (κ1) is 10.1. The molecule has 6 heteroatoms. The van der Waals surface area contributed by atoms with Crippen LogP contribution in [0.3, 0.4) is 0 Å². The Morgan fingerprint density at radius 3 is 2.67 bits per heavy atom. The second kappa shape index (κ2) is 3.62. The van der Waals surface area contributed by atoms with Crippen LogP contribution in [0.15, 0.2) is 27.3 Å². The van der Waals surface area contributed by atoms with Crippen LogP contribution in [0.5, 0.6) is 0 Å². The molecule has 2 rings (SSSR count). The summed E-state index contributed by atoms with van der Waals surface area (Å²) in [6, 6.07) is 2.41. The van der Waals surface area contributed by atoms with E-state index >= 15 is 0 Å². The van der Waals surface area contributed by atoms with Crippen molar-refractivity contribution < 1.29 is 13.3 Å². The molecule has 0 spiro atoms. The Labute approximate surface area is 92.0 Å². The van der Waals surface area contributed by atoms with Crippen LogP contribution in [0.2, 0.25) is 0 Å². The summed E-state index contributed by atoms with van der Waals surface area (Å²) in [6.45, 7) is 0. The molecule has 0 fully saturated rings. The Morgan fingerprint density at radius 2 is 2.07 bits per heavy atom. The van der Waals surface area contributed by atoms with Crippen molar-refractivity contribution in [2.75, 3.05) is 5.73 Å². The number of halogens is 3. The lowest BCUT2D eigenvalue weighted by molar-refractivity contribution is 0.436. The van der Waals surface area contributed by atoms with Crippen LogP contribution >= 0.6 is 15.9 Å². The maximum absolute atomic E-state index is 13.6. The van der Waals surface area contributed by atoms with Crippen molar-refractivity contribution in [2.24, 2.45) is 0 Å². The standard InChI is InChI=1S/C9H5BrF2N2O/c10-5-1-2-6(11)7(8(5)12)4-3-14-15-9(4)13/h1-3H,13H2. The number of rotatable bonds is 1. The number of nitrogens with two attached hydrogens (primary N) is 1. The molecule has 0 aliphatic heterocycles. The number of anilines is 1. The molecule has 0 aliphatic carbocycles. The normalized spacial score (nSPS) is 10.6. The molecular weight excluding hydrogens is 270 g/mol. The van der Waals surface area contributed by atoms with Gasteiger partial charge in [-0.1, -0.05) is 5.16 Å². The first-order chi connectivity index (χ1) is 7.11. The van der Waals surface area contributed by atoms with E-state index in [-0.39, 0.29) is 21.5 Å². The maximum atomic E-state index is 13.6. The third kappa shape index (κ3) is 1.61. The van der Waals surface area contributed by atoms with Crippen molar-refractivity contribution in [2.45, 2.75) is 0 Å². The lowest BCUT2D eigenvalue weighted by atomic mass is 10.1. The molecular formula is C9H5BrF2N2O. The van der Waals surface area contributed by atoms with Gasteiger partial charge in [-0.3, -0.25) is 0 Å². The lowest BCUT2D eigenvalue weighted by Gasteiger charge is -2.03. The number of hydrogen-bond acceptors (Lipinski definition) is 3. The van der Waals surface area contributed by atoms with Crippen molar-refractivity contribution in [1.29, 1.82) is 0 Å². The van der Waals surface area contributed by atoms with Gasteiger partial charge in [0.2, 0.25) is 5.88 Å². The molecule has 0 aliphatic rings. The smallest absolute Gasteiger partial charge is 0.230 e. The molecule has 0 saturated carbocycles. The first-order valence-electron chi connectivity index (χ1n) is 3.95. The molecule has 0 atom stereocenters. The van der Waals surface area contributed by atoms with Crippen molar-refractivity contribution >= 4 is 21.8 Å². The fourth-order valence-electron chi connectivity index (χ4n) is 1.21. The predicted octanol–water partition coefficient (Wildman–Crippen LogP) is 2.96. The highest BCUT2D eigenvalue weighted by Gasteiger charge is 2.18. The van der Waals surface area contributed by atoms with Gasteiger partial charge in [0.1, 0.15) is 11.6 Å². The van der Waals surface area contributed by atoms with Gasteiger partial charge in [-0.25, -0.2) is 8.78 Å². The van der Waals surface area contributed by atoms with E-state index in [1.54, 1.807) is 0 Å². The molecule has 2 N–H and O–H groups in total. The molecule has 15 heavy (non-hydrogen) atoms.